The number of carbonyl (C=O) groups is 1. The van der Waals surface area contributed by atoms with Gasteiger partial charge in [-0.1, -0.05) is 60.7 Å². The molecule has 3 aromatic rings. The van der Waals surface area contributed by atoms with E-state index in [1.807, 2.05) is 6.07 Å². The number of nitrogens with two attached hydrogens (primary N) is 1. The Morgan fingerprint density at radius 3 is 2.06 bits per heavy atom. The maximum atomic E-state index is 13.7. The van der Waals surface area contributed by atoms with E-state index in [1.54, 1.807) is 36.4 Å². The van der Waals surface area contributed by atoms with Gasteiger partial charge in [-0.25, -0.2) is 12.7 Å². The summed E-state index contributed by atoms with van der Waals surface area (Å²) < 4.78 is 28.1. The summed E-state index contributed by atoms with van der Waals surface area (Å²) in [5.74, 6) is -1.97. The van der Waals surface area contributed by atoms with Crippen molar-refractivity contribution in [2.24, 2.45) is 5.73 Å². The minimum Gasteiger partial charge on any atom is -0.384 e. The van der Waals surface area contributed by atoms with Gasteiger partial charge in [0.25, 0.3) is 15.7 Å². The van der Waals surface area contributed by atoms with Crippen molar-refractivity contribution in [1.82, 2.24) is 4.31 Å². The minimum absolute atomic E-state index is 0.0922. The number of hydrogen-bond acceptors (Lipinski definition) is 7. The maximum absolute atomic E-state index is 13.7. The number of nitrogens with zero attached hydrogens (tertiary/aromatic N) is 3. The second-order valence-electron chi connectivity index (χ2n) is 7.53. The van der Waals surface area contributed by atoms with Crippen molar-refractivity contribution >= 4 is 21.5 Å². The van der Waals surface area contributed by atoms with Gasteiger partial charge in [0.1, 0.15) is 11.9 Å². The van der Waals surface area contributed by atoms with Crippen molar-refractivity contribution in [3.8, 4) is 6.07 Å². The molecule has 170 valence electrons. The van der Waals surface area contributed by atoms with Crippen LogP contribution in [0, 0.1) is 21.4 Å². The fraction of sp³-hybridized carbons (Fsp3) is 0.0833. The summed E-state index contributed by atoms with van der Waals surface area (Å²) in [6, 6.07) is 21.4. The van der Waals surface area contributed by atoms with Gasteiger partial charge >= 0.3 is 0 Å². The Hall–Kier alpha value is -4.49. The van der Waals surface area contributed by atoms with Crippen molar-refractivity contribution in [2.75, 3.05) is 0 Å². The van der Waals surface area contributed by atoms with Gasteiger partial charge in [-0.05, 0) is 17.7 Å². The molecule has 0 aromatic heterocycles. The normalized spacial score (nSPS) is 17.9. The Balaban J connectivity index is 1.93. The number of Topliss-reactive ketones (excluding diaryl/α,β-unsaturated/α-hetero) is 1. The highest BCUT2D eigenvalue weighted by atomic mass is 32.2. The number of nitro groups is 1. The molecule has 4 rings (SSSR count). The van der Waals surface area contributed by atoms with Gasteiger partial charge in [-0.3, -0.25) is 14.9 Å². The summed E-state index contributed by atoms with van der Waals surface area (Å²) >= 11 is 0. The monoisotopic (exact) mass is 474 g/mol. The molecule has 34 heavy (non-hydrogen) atoms. The molecule has 0 spiro atoms. The summed E-state index contributed by atoms with van der Waals surface area (Å²) in [6.07, 6.45) is 0. The Morgan fingerprint density at radius 1 is 0.971 bits per heavy atom. The first-order valence-electron chi connectivity index (χ1n) is 10.1. The summed E-state index contributed by atoms with van der Waals surface area (Å²) in [5, 5.41) is 21.0. The molecule has 1 aliphatic heterocycles. The summed E-state index contributed by atoms with van der Waals surface area (Å²) in [5.41, 5.74) is 6.51. The maximum Gasteiger partial charge on any atom is 0.269 e. The van der Waals surface area contributed by atoms with E-state index in [2.05, 4.69) is 0 Å². The van der Waals surface area contributed by atoms with Crippen LogP contribution < -0.4 is 5.73 Å². The average Bonchev–Trinajstić information content (AvgIpc) is 3.17. The smallest absolute Gasteiger partial charge is 0.269 e. The number of nitriles is 1. The molecule has 0 radical (unpaired) electrons. The van der Waals surface area contributed by atoms with Crippen LogP contribution in [0.15, 0.2) is 101 Å². The first kappa shape index (κ1) is 22.7. The van der Waals surface area contributed by atoms with Crippen molar-refractivity contribution in [2.45, 2.75) is 16.9 Å². The van der Waals surface area contributed by atoms with E-state index >= 15 is 0 Å². The van der Waals surface area contributed by atoms with Crippen LogP contribution in [-0.4, -0.2) is 29.5 Å². The van der Waals surface area contributed by atoms with E-state index in [0.717, 1.165) is 4.31 Å². The molecule has 0 saturated carbocycles. The molecule has 2 N–H and O–H groups in total. The lowest BCUT2D eigenvalue weighted by atomic mass is 9.84. The molecule has 0 aliphatic carbocycles. The number of hydrogen-bond donors (Lipinski definition) is 1. The molecule has 0 unspecified atom stereocenters. The second-order valence-corrected chi connectivity index (χ2v) is 9.34. The number of nitro benzene ring substituents is 1. The van der Waals surface area contributed by atoms with Crippen LogP contribution in [-0.2, 0) is 10.0 Å². The Labute approximate surface area is 195 Å². The zero-order valence-corrected chi connectivity index (χ0v) is 18.4. The zero-order valence-electron chi connectivity index (χ0n) is 17.6. The van der Waals surface area contributed by atoms with Gasteiger partial charge in [-0.2, -0.15) is 5.26 Å². The van der Waals surface area contributed by atoms with Crippen molar-refractivity contribution in [3.63, 3.8) is 0 Å². The summed E-state index contributed by atoms with van der Waals surface area (Å²) in [4.78, 5) is 24.1. The molecule has 1 aliphatic rings. The van der Waals surface area contributed by atoms with Gasteiger partial charge in [0.15, 0.2) is 5.78 Å². The third-order valence-corrected chi connectivity index (χ3v) is 7.41. The lowest BCUT2D eigenvalue weighted by Gasteiger charge is -2.29. The van der Waals surface area contributed by atoms with Crippen LogP contribution in [0.2, 0.25) is 0 Å². The summed E-state index contributed by atoms with van der Waals surface area (Å²) in [6.45, 7) is 0. The molecule has 0 fully saturated rings. The molecule has 1 heterocycles. The van der Waals surface area contributed by atoms with Gasteiger partial charge in [0.2, 0.25) is 0 Å². The molecule has 3 aromatic carbocycles. The van der Waals surface area contributed by atoms with E-state index in [9.17, 15) is 28.6 Å². The fourth-order valence-electron chi connectivity index (χ4n) is 4.02. The standard InChI is InChI=1S/C24H18N4O5S/c25-15-20-21(16-11-13-18(14-12-16)28(30)31)22(23(29)17-7-3-1-4-8-17)27(24(20)26)34(32,33)19-9-5-2-6-10-19/h1-14,21-22H,26H2/t21-,22-/m1/s1. The van der Waals surface area contributed by atoms with Crippen LogP contribution in [0.4, 0.5) is 5.69 Å². The Kier molecular flexibility index (Phi) is 5.88. The fourth-order valence-corrected chi connectivity index (χ4v) is 5.62. The molecule has 0 bridgehead atoms. The highest BCUT2D eigenvalue weighted by Crippen LogP contribution is 2.43. The van der Waals surface area contributed by atoms with E-state index < -0.39 is 32.7 Å². The van der Waals surface area contributed by atoms with E-state index in [-0.39, 0.29) is 27.5 Å². The number of non-ortho nitro benzene ring substituents is 1. The van der Waals surface area contributed by atoms with Crippen LogP contribution in [0.1, 0.15) is 21.8 Å². The number of rotatable bonds is 6. The van der Waals surface area contributed by atoms with E-state index in [1.165, 1.54) is 48.5 Å². The first-order valence-corrected chi connectivity index (χ1v) is 11.5. The number of ketones is 1. The first-order chi connectivity index (χ1) is 16.3. The molecule has 2 atom stereocenters. The minimum atomic E-state index is -4.33. The third kappa shape index (κ3) is 3.78. The molecule has 9 nitrogen and oxygen atoms in total. The van der Waals surface area contributed by atoms with E-state index in [0.29, 0.717) is 5.56 Å². The topological polar surface area (TPSA) is 147 Å². The lowest BCUT2D eigenvalue weighted by Crippen LogP contribution is -2.45. The SMILES string of the molecule is N#CC1=C(N)N(S(=O)(=O)c2ccccc2)[C@@H](C(=O)c2ccccc2)[C@@H]1c1ccc([N+](=O)[O-])cc1. The Morgan fingerprint density at radius 2 is 1.53 bits per heavy atom. The van der Waals surface area contributed by atoms with Crippen molar-refractivity contribution in [1.29, 1.82) is 5.26 Å². The Bertz CT molecular complexity index is 1430. The molecule has 0 saturated heterocycles. The van der Waals surface area contributed by atoms with Crippen molar-refractivity contribution in [3.05, 3.63) is 118 Å². The summed E-state index contributed by atoms with van der Waals surface area (Å²) in [7, 11) is -4.33. The predicted octanol–water partition coefficient (Wildman–Crippen LogP) is 3.33. The number of benzene rings is 3. The molecule has 0 amide bonds. The zero-order chi connectivity index (χ0) is 24.5. The third-order valence-electron chi connectivity index (χ3n) is 5.60. The van der Waals surface area contributed by atoms with Gasteiger partial charge in [0.05, 0.1) is 27.4 Å². The van der Waals surface area contributed by atoms with Crippen LogP contribution in [0.25, 0.3) is 0 Å². The molecule has 10 heteroatoms. The lowest BCUT2D eigenvalue weighted by molar-refractivity contribution is -0.384. The van der Waals surface area contributed by atoms with Crippen LogP contribution >= 0.6 is 0 Å². The molecular formula is C24H18N4O5S. The largest absolute Gasteiger partial charge is 0.384 e. The van der Waals surface area contributed by atoms with Crippen molar-refractivity contribution < 1.29 is 18.1 Å². The van der Waals surface area contributed by atoms with Gasteiger partial charge in [0, 0.05) is 17.7 Å². The highest BCUT2D eigenvalue weighted by Gasteiger charge is 2.50. The van der Waals surface area contributed by atoms with Gasteiger partial charge < -0.3 is 5.73 Å². The predicted molar refractivity (Wildman–Crippen MR) is 123 cm³/mol. The van der Waals surface area contributed by atoms with Crippen LogP contribution in [0.5, 0.6) is 0 Å². The second kappa shape index (κ2) is 8.80. The van der Waals surface area contributed by atoms with Gasteiger partial charge in [-0.15, -0.1) is 0 Å². The number of carbonyl (C=O) groups excluding carboxylic acids is 1. The average molecular weight is 474 g/mol. The highest BCUT2D eigenvalue weighted by molar-refractivity contribution is 7.89. The van der Waals surface area contributed by atoms with Crippen LogP contribution in [0.3, 0.4) is 0 Å². The molecular weight excluding hydrogens is 456 g/mol. The van der Waals surface area contributed by atoms with E-state index in [4.69, 9.17) is 5.73 Å². The number of sulfonamides is 1. The quantitative estimate of drug-likeness (QED) is 0.327.